The van der Waals surface area contributed by atoms with Crippen molar-refractivity contribution in [2.75, 3.05) is 19.8 Å². The van der Waals surface area contributed by atoms with E-state index in [0.29, 0.717) is 12.5 Å². The molecule has 1 aromatic rings. The standard InChI is InChI=1S/C12H17NO3S/c1-2-16-11(14)7-10-8-17-12(13-10)9-3-5-15-6-4-9/h8-9H,2-7H2,1H3. The summed E-state index contributed by atoms with van der Waals surface area (Å²) < 4.78 is 10.2. The molecule has 1 aliphatic heterocycles. The van der Waals surface area contributed by atoms with Gasteiger partial charge in [0.1, 0.15) is 0 Å². The van der Waals surface area contributed by atoms with Crippen molar-refractivity contribution in [1.29, 1.82) is 0 Å². The molecule has 2 rings (SSSR count). The van der Waals surface area contributed by atoms with Gasteiger partial charge in [-0.2, -0.15) is 0 Å². The Kier molecular flexibility index (Phi) is 4.50. The Morgan fingerprint density at radius 2 is 2.35 bits per heavy atom. The lowest BCUT2D eigenvalue weighted by Crippen LogP contribution is -2.14. The molecule has 1 fully saturated rings. The van der Waals surface area contributed by atoms with Crippen LogP contribution in [0, 0.1) is 0 Å². The molecule has 0 amide bonds. The Bertz CT molecular complexity index is 372. The third-order valence-corrected chi connectivity index (χ3v) is 3.83. The lowest BCUT2D eigenvalue weighted by atomic mass is 10.0. The summed E-state index contributed by atoms with van der Waals surface area (Å²) in [7, 11) is 0. The van der Waals surface area contributed by atoms with E-state index in [4.69, 9.17) is 9.47 Å². The van der Waals surface area contributed by atoms with Gasteiger partial charge in [0.25, 0.3) is 0 Å². The first-order valence-electron chi connectivity index (χ1n) is 5.97. The molecule has 0 aliphatic carbocycles. The van der Waals surface area contributed by atoms with Crippen molar-refractivity contribution in [3.8, 4) is 0 Å². The van der Waals surface area contributed by atoms with E-state index < -0.39 is 0 Å². The molecule has 2 heterocycles. The third-order valence-electron chi connectivity index (χ3n) is 2.77. The highest BCUT2D eigenvalue weighted by Gasteiger charge is 2.19. The predicted molar refractivity (Wildman–Crippen MR) is 65.2 cm³/mol. The molecule has 1 saturated heterocycles. The predicted octanol–water partition coefficient (Wildman–Crippen LogP) is 2.14. The Balaban J connectivity index is 1.93. The summed E-state index contributed by atoms with van der Waals surface area (Å²) in [5, 5.41) is 3.09. The maximum absolute atomic E-state index is 11.3. The van der Waals surface area contributed by atoms with Crippen LogP contribution >= 0.6 is 11.3 Å². The van der Waals surface area contributed by atoms with Gasteiger partial charge in [0.05, 0.1) is 23.7 Å². The van der Waals surface area contributed by atoms with E-state index in [2.05, 4.69) is 4.98 Å². The number of hydrogen-bond acceptors (Lipinski definition) is 5. The van der Waals surface area contributed by atoms with Gasteiger partial charge in [0.2, 0.25) is 0 Å². The van der Waals surface area contributed by atoms with Crippen LogP contribution in [0.15, 0.2) is 5.38 Å². The number of carbonyl (C=O) groups is 1. The maximum Gasteiger partial charge on any atom is 0.311 e. The maximum atomic E-state index is 11.3. The van der Waals surface area contributed by atoms with E-state index in [-0.39, 0.29) is 12.4 Å². The van der Waals surface area contributed by atoms with Crippen LogP contribution in [-0.2, 0) is 20.7 Å². The highest BCUT2D eigenvalue weighted by molar-refractivity contribution is 7.09. The van der Waals surface area contributed by atoms with Crippen molar-refractivity contribution >= 4 is 17.3 Å². The fourth-order valence-electron chi connectivity index (χ4n) is 1.90. The molecule has 0 unspecified atom stereocenters. The molecule has 4 nitrogen and oxygen atoms in total. The van der Waals surface area contributed by atoms with E-state index in [1.807, 2.05) is 12.3 Å². The monoisotopic (exact) mass is 255 g/mol. The highest BCUT2D eigenvalue weighted by Crippen LogP contribution is 2.29. The molecule has 0 atom stereocenters. The summed E-state index contributed by atoms with van der Waals surface area (Å²) in [6, 6.07) is 0. The second-order valence-electron chi connectivity index (χ2n) is 4.05. The lowest BCUT2D eigenvalue weighted by Gasteiger charge is -2.19. The van der Waals surface area contributed by atoms with Gasteiger partial charge < -0.3 is 9.47 Å². The molecule has 1 aromatic heterocycles. The van der Waals surface area contributed by atoms with Gasteiger partial charge in [-0.05, 0) is 19.8 Å². The molecule has 94 valence electrons. The summed E-state index contributed by atoms with van der Waals surface area (Å²) in [6.45, 7) is 3.87. The summed E-state index contributed by atoms with van der Waals surface area (Å²) >= 11 is 1.64. The van der Waals surface area contributed by atoms with E-state index in [1.165, 1.54) is 0 Å². The van der Waals surface area contributed by atoms with Crippen LogP contribution < -0.4 is 0 Å². The normalized spacial score (nSPS) is 17.0. The van der Waals surface area contributed by atoms with Gasteiger partial charge in [-0.1, -0.05) is 0 Å². The number of nitrogens with zero attached hydrogens (tertiary/aromatic N) is 1. The van der Waals surface area contributed by atoms with Gasteiger partial charge in [0.15, 0.2) is 0 Å². The van der Waals surface area contributed by atoms with Crippen LogP contribution in [0.3, 0.4) is 0 Å². The fourth-order valence-corrected chi connectivity index (χ4v) is 2.89. The Morgan fingerprint density at radius 1 is 1.59 bits per heavy atom. The molecule has 0 bridgehead atoms. The topological polar surface area (TPSA) is 48.4 Å². The number of esters is 1. The van der Waals surface area contributed by atoms with Crippen LogP contribution in [0.25, 0.3) is 0 Å². The van der Waals surface area contributed by atoms with Crippen molar-refractivity contribution in [2.24, 2.45) is 0 Å². The van der Waals surface area contributed by atoms with E-state index >= 15 is 0 Å². The number of ether oxygens (including phenoxy) is 2. The zero-order valence-electron chi connectivity index (χ0n) is 9.98. The molecular formula is C12H17NO3S. The van der Waals surface area contributed by atoms with E-state index in [1.54, 1.807) is 11.3 Å². The van der Waals surface area contributed by atoms with Crippen LogP contribution in [0.1, 0.15) is 36.4 Å². The lowest BCUT2D eigenvalue weighted by molar-refractivity contribution is -0.142. The van der Waals surface area contributed by atoms with Crippen molar-refractivity contribution in [2.45, 2.75) is 32.1 Å². The minimum absolute atomic E-state index is 0.198. The number of rotatable bonds is 4. The second-order valence-corrected chi connectivity index (χ2v) is 4.94. The molecule has 0 spiro atoms. The summed E-state index contributed by atoms with van der Waals surface area (Å²) in [5.74, 6) is 0.307. The number of hydrogen-bond donors (Lipinski definition) is 0. The third kappa shape index (κ3) is 3.51. The zero-order chi connectivity index (χ0) is 12.1. The quantitative estimate of drug-likeness (QED) is 0.773. The van der Waals surface area contributed by atoms with Gasteiger partial charge in [-0.25, -0.2) is 4.98 Å². The zero-order valence-corrected chi connectivity index (χ0v) is 10.8. The molecule has 5 heteroatoms. The molecule has 17 heavy (non-hydrogen) atoms. The SMILES string of the molecule is CCOC(=O)Cc1csc(C2CCOCC2)n1. The number of thiazole rings is 1. The van der Waals surface area contributed by atoms with Crippen molar-refractivity contribution in [3.63, 3.8) is 0 Å². The highest BCUT2D eigenvalue weighted by atomic mass is 32.1. The molecule has 0 saturated carbocycles. The molecule has 0 aromatic carbocycles. The molecule has 0 N–H and O–H groups in total. The Hall–Kier alpha value is -0.940. The average Bonchev–Trinajstić information content (AvgIpc) is 2.79. The summed E-state index contributed by atoms with van der Waals surface area (Å²) in [5.41, 5.74) is 0.829. The van der Waals surface area contributed by atoms with Crippen LogP contribution in [0.4, 0.5) is 0 Å². The molecular weight excluding hydrogens is 238 g/mol. The van der Waals surface area contributed by atoms with Crippen LogP contribution in [0.2, 0.25) is 0 Å². The van der Waals surface area contributed by atoms with Crippen molar-refractivity contribution < 1.29 is 14.3 Å². The van der Waals surface area contributed by atoms with E-state index in [9.17, 15) is 4.79 Å². The molecule has 0 radical (unpaired) electrons. The smallest absolute Gasteiger partial charge is 0.311 e. The Labute approximate surface area is 105 Å². The first-order valence-corrected chi connectivity index (χ1v) is 6.85. The average molecular weight is 255 g/mol. The summed E-state index contributed by atoms with van der Waals surface area (Å²) in [6.07, 6.45) is 2.35. The fraction of sp³-hybridized carbons (Fsp3) is 0.667. The minimum atomic E-state index is -0.198. The second kappa shape index (κ2) is 6.12. The van der Waals surface area contributed by atoms with Gasteiger partial charge in [-0.3, -0.25) is 4.79 Å². The van der Waals surface area contributed by atoms with Crippen molar-refractivity contribution in [3.05, 3.63) is 16.1 Å². The summed E-state index contributed by atoms with van der Waals surface area (Å²) in [4.78, 5) is 15.8. The van der Waals surface area contributed by atoms with Gasteiger partial charge >= 0.3 is 5.97 Å². The number of aromatic nitrogens is 1. The van der Waals surface area contributed by atoms with Gasteiger partial charge in [0, 0.05) is 24.5 Å². The Morgan fingerprint density at radius 3 is 3.06 bits per heavy atom. The first kappa shape index (κ1) is 12.5. The van der Waals surface area contributed by atoms with Gasteiger partial charge in [-0.15, -0.1) is 11.3 Å². The first-order chi connectivity index (χ1) is 8.29. The van der Waals surface area contributed by atoms with Crippen LogP contribution in [-0.4, -0.2) is 30.8 Å². The minimum Gasteiger partial charge on any atom is -0.466 e. The number of carbonyl (C=O) groups excluding carboxylic acids is 1. The van der Waals surface area contributed by atoms with Crippen molar-refractivity contribution in [1.82, 2.24) is 4.98 Å². The van der Waals surface area contributed by atoms with Crippen LogP contribution in [0.5, 0.6) is 0 Å². The van der Waals surface area contributed by atoms with E-state index in [0.717, 1.165) is 36.8 Å². The largest absolute Gasteiger partial charge is 0.466 e. The molecule has 1 aliphatic rings.